The summed E-state index contributed by atoms with van der Waals surface area (Å²) in [7, 11) is 0. The van der Waals surface area contributed by atoms with Gasteiger partial charge in [0.1, 0.15) is 6.20 Å². The Morgan fingerprint density at radius 2 is 2.20 bits per heavy atom. The number of halogens is 1. The predicted molar refractivity (Wildman–Crippen MR) is 81.1 cm³/mol. The highest BCUT2D eigenvalue weighted by molar-refractivity contribution is 9.10. The third-order valence-electron chi connectivity index (χ3n) is 2.31. The van der Waals surface area contributed by atoms with E-state index in [9.17, 15) is 10.1 Å². The first-order valence-electron chi connectivity index (χ1n) is 5.79. The summed E-state index contributed by atoms with van der Waals surface area (Å²) >= 11 is 4.64. The molecule has 0 saturated heterocycles. The third-order valence-corrected chi connectivity index (χ3v) is 4.33. The summed E-state index contributed by atoms with van der Waals surface area (Å²) < 4.78 is 0.864. The van der Waals surface area contributed by atoms with Crippen LogP contribution in [0.5, 0.6) is 0 Å². The number of rotatable bonds is 5. The lowest BCUT2D eigenvalue weighted by molar-refractivity contribution is -0.388. The van der Waals surface area contributed by atoms with Crippen LogP contribution in [0.4, 0.5) is 11.6 Å². The van der Waals surface area contributed by atoms with Gasteiger partial charge in [-0.25, -0.2) is 4.98 Å². The van der Waals surface area contributed by atoms with Gasteiger partial charge in [-0.1, -0.05) is 23.9 Å². The lowest BCUT2D eigenvalue weighted by Crippen LogP contribution is -2.04. The van der Waals surface area contributed by atoms with E-state index in [4.69, 9.17) is 0 Å². The number of nitro groups is 1. The number of hydrogen-bond acceptors (Lipinski definition) is 6. The van der Waals surface area contributed by atoms with E-state index in [1.807, 2.05) is 31.2 Å². The number of benzene rings is 1. The van der Waals surface area contributed by atoms with Gasteiger partial charge in [0.25, 0.3) is 0 Å². The molecule has 0 unspecified atom stereocenters. The normalized spacial score (nSPS) is 10.3. The molecule has 0 aliphatic carbocycles. The maximum absolute atomic E-state index is 11.0. The molecule has 104 valence electrons. The number of nitrogens with zero attached hydrogens (tertiary/aromatic N) is 3. The Labute approximate surface area is 128 Å². The summed E-state index contributed by atoms with van der Waals surface area (Å²) in [5.41, 5.74) is -0.104. The van der Waals surface area contributed by atoms with Crippen molar-refractivity contribution in [2.45, 2.75) is 16.8 Å². The van der Waals surface area contributed by atoms with Gasteiger partial charge in [0, 0.05) is 15.9 Å². The van der Waals surface area contributed by atoms with Gasteiger partial charge >= 0.3 is 5.69 Å². The molecule has 0 aliphatic heterocycles. The summed E-state index contributed by atoms with van der Waals surface area (Å²) in [6, 6.07) is 7.49. The van der Waals surface area contributed by atoms with E-state index in [1.54, 1.807) is 0 Å². The number of anilines is 1. The van der Waals surface area contributed by atoms with Crippen molar-refractivity contribution in [1.82, 2.24) is 9.97 Å². The lowest BCUT2D eigenvalue weighted by Gasteiger charge is -2.06. The third kappa shape index (κ3) is 3.45. The molecule has 0 fully saturated rings. The SMILES string of the molecule is CCNc1ncc([N+](=O)[O-])c(Sc2ccccc2Br)n1. The predicted octanol–water partition coefficient (Wildman–Crippen LogP) is 3.73. The van der Waals surface area contributed by atoms with Crippen LogP contribution in [0.3, 0.4) is 0 Å². The van der Waals surface area contributed by atoms with Crippen molar-refractivity contribution in [3.63, 3.8) is 0 Å². The largest absolute Gasteiger partial charge is 0.354 e. The highest BCUT2D eigenvalue weighted by Crippen LogP contribution is 2.36. The Hall–Kier alpha value is -1.67. The Kier molecular flexibility index (Phi) is 4.91. The van der Waals surface area contributed by atoms with E-state index in [0.29, 0.717) is 17.5 Å². The molecule has 1 N–H and O–H groups in total. The van der Waals surface area contributed by atoms with Crippen molar-refractivity contribution in [2.75, 3.05) is 11.9 Å². The van der Waals surface area contributed by atoms with Crippen molar-refractivity contribution in [3.05, 3.63) is 45.0 Å². The quantitative estimate of drug-likeness (QED) is 0.500. The number of aromatic nitrogens is 2. The van der Waals surface area contributed by atoms with E-state index in [1.165, 1.54) is 18.0 Å². The topological polar surface area (TPSA) is 81.0 Å². The van der Waals surface area contributed by atoms with E-state index in [-0.39, 0.29) is 5.69 Å². The average molecular weight is 355 g/mol. The van der Waals surface area contributed by atoms with E-state index in [0.717, 1.165) is 9.37 Å². The second kappa shape index (κ2) is 6.67. The second-order valence-electron chi connectivity index (χ2n) is 3.70. The van der Waals surface area contributed by atoms with Gasteiger partial charge in [-0.15, -0.1) is 0 Å². The van der Waals surface area contributed by atoms with E-state index >= 15 is 0 Å². The van der Waals surface area contributed by atoms with Crippen molar-refractivity contribution in [1.29, 1.82) is 0 Å². The molecule has 0 amide bonds. The zero-order chi connectivity index (χ0) is 14.5. The van der Waals surface area contributed by atoms with Gasteiger partial charge in [-0.2, -0.15) is 4.98 Å². The summed E-state index contributed by atoms with van der Waals surface area (Å²) in [6.07, 6.45) is 1.23. The van der Waals surface area contributed by atoms with Crippen molar-refractivity contribution in [3.8, 4) is 0 Å². The summed E-state index contributed by atoms with van der Waals surface area (Å²) in [5.74, 6) is 0.382. The van der Waals surface area contributed by atoms with E-state index in [2.05, 4.69) is 31.2 Å². The summed E-state index contributed by atoms with van der Waals surface area (Å²) in [4.78, 5) is 19.6. The molecule has 20 heavy (non-hydrogen) atoms. The van der Waals surface area contributed by atoms with Gasteiger partial charge in [-0.3, -0.25) is 10.1 Å². The minimum absolute atomic E-state index is 0.104. The van der Waals surface area contributed by atoms with Crippen LogP contribution < -0.4 is 5.32 Å². The molecule has 1 aromatic carbocycles. The van der Waals surface area contributed by atoms with Gasteiger partial charge < -0.3 is 5.32 Å². The van der Waals surface area contributed by atoms with Crippen LogP contribution in [-0.2, 0) is 0 Å². The molecule has 2 aromatic rings. The summed E-state index contributed by atoms with van der Waals surface area (Å²) in [5, 5.41) is 14.3. The van der Waals surface area contributed by atoms with Gasteiger partial charge in [0.15, 0.2) is 5.03 Å². The fourth-order valence-electron chi connectivity index (χ4n) is 1.44. The van der Waals surface area contributed by atoms with E-state index < -0.39 is 4.92 Å². The monoisotopic (exact) mass is 354 g/mol. The Morgan fingerprint density at radius 3 is 2.85 bits per heavy atom. The molecule has 0 atom stereocenters. The van der Waals surface area contributed by atoms with Crippen molar-refractivity contribution in [2.24, 2.45) is 0 Å². The van der Waals surface area contributed by atoms with Crippen LogP contribution in [0.25, 0.3) is 0 Å². The molecular formula is C12H11BrN4O2S. The van der Waals surface area contributed by atoms with Gasteiger partial charge in [0.05, 0.1) is 4.92 Å². The molecule has 6 nitrogen and oxygen atoms in total. The molecule has 0 radical (unpaired) electrons. The van der Waals surface area contributed by atoms with Crippen LogP contribution in [0, 0.1) is 10.1 Å². The standard InChI is InChI=1S/C12H11BrN4O2S/c1-2-14-12-15-7-9(17(18)19)11(16-12)20-10-6-4-3-5-8(10)13/h3-7H,2H2,1H3,(H,14,15,16). The Morgan fingerprint density at radius 1 is 1.45 bits per heavy atom. The van der Waals surface area contributed by atoms with Crippen molar-refractivity contribution >= 4 is 39.3 Å². The Balaban J connectivity index is 2.40. The van der Waals surface area contributed by atoms with Crippen molar-refractivity contribution < 1.29 is 4.92 Å². The van der Waals surface area contributed by atoms with Crippen LogP contribution >= 0.6 is 27.7 Å². The second-order valence-corrected chi connectivity index (χ2v) is 5.59. The first kappa shape index (κ1) is 14.7. The highest BCUT2D eigenvalue weighted by atomic mass is 79.9. The maximum Gasteiger partial charge on any atom is 0.320 e. The molecule has 8 heteroatoms. The maximum atomic E-state index is 11.0. The molecule has 0 aliphatic rings. The highest BCUT2D eigenvalue weighted by Gasteiger charge is 2.19. The zero-order valence-electron chi connectivity index (χ0n) is 10.5. The van der Waals surface area contributed by atoms with Crippen LogP contribution in [-0.4, -0.2) is 21.4 Å². The van der Waals surface area contributed by atoms with Gasteiger partial charge in [0.2, 0.25) is 5.95 Å². The molecule has 0 saturated carbocycles. The fraction of sp³-hybridized carbons (Fsp3) is 0.167. The molecular weight excluding hydrogens is 344 g/mol. The van der Waals surface area contributed by atoms with Crippen LogP contribution in [0.2, 0.25) is 0 Å². The first-order valence-corrected chi connectivity index (χ1v) is 7.40. The first-order chi connectivity index (χ1) is 9.61. The lowest BCUT2D eigenvalue weighted by atomic mass is 10.4. The molecule has 2 rings (SSSR count). The number of nitrogens with one attached hydrogen (secondary N) is 1. The Bertz CT molecular complexity index is 639. The average Bonchev–Trinajstić information content (AvgIpc) is 2.42. The minimum Gasteiger partial charge on any atom is -0.354 e. The molecule has 0 bridgehead atoms. The smallest absolute Gasteiger partial charge is 0.320 e. The molecule has 0 spiro atoms. The van der Waals surface area contributed by atoms with Crippen LogP contribution in [0.1, 0.15) is 6.92 Å². The zero-order valence-corrected chi connectivity index (χ0v) is 12.9. The minimum atomic E-state index is -0.477. The molecule has 1 heterocycles. The number of hydrogen-bond donors (Lipinski definition) is 1. The van der Waals surface area contributed by atoms with Gasteiger partial charge in [-0.05, 0) is 35.0 Å². The summed E-state index contributed by atoms with van der Waals surface area (Å²) in [6.45, 7) is 2.56. The fourth-order valence-corrected chi connectivity index (χ4v) is 2.85. The molecule has 1 aromatic heterocycles. The van der Waals surface area contributed by atoms with Crippen LogP contribution in [0.15, 0.2) is 44.9 Å².